The van der Waals surface area contributed by atoms with Crippen LogP contribution in [0.1, 0.15) is 18.2 Å². The van der Waals surface area contributed by atoms with Crippen LogP contribution in [0.2, 0.25) is 0 Å². The fraction of sp³-hybridized carbons (Fsp3) is 0.636. The van der Waals surface area contributed by atoms with Crippen molar-refractivity contribution in [3.8, 4) is 5.88 Å². The average molecular weight is 240 g/mol. The third kappa shape index (κ3) is 3.20. The fourth-order valence-electron chi connectivity index (χ4n) is 1.73. The molecule has 17 heavy (non-hydrogen) atoms. The van der Waals surface area contributed by atoms with Crippen molar-refractivity contribution < 1.29 is 9.53 Å². The molecule has 0 radical (unpaired) electrons. The number of likely N-dealkylation sites (N-methyl/N-ethyl adjacent to an activating group) is 1. The summed E-state index contributed by atoms with van der Waals surface area (Å²) in [6.07, 6.45) is 0.814. The monoisotopic (exact) mass is 240 g/mol. The van der Waals surface area contributed by atoms with Gasteiger partial charge >= 0.3 is 0 Å². The number of ether oxygens (including phenoxy) is 1. The van der Waals surface area contributed by atoms with E-state index in [1.807, 2.05) is 14.0 Å². The maximum Gasteiger partial charge on any atom is 0.234 e. The van der Waals surface area contributed by atoms with E-state index >= 15 is 0 Å². The molecule has 0 spiro atoms. The van der Waals surface area contributed by atoms with Gasteiger partial charge < -0.3 is 15.4 Å². The van der Waals surface area contributed by atoms with Crippen molar-refractivity contribution >= 4 is 5.91 Å². The second kappa shape index (κ2) is 6.24. The topological polar surface area (TPSA) is 68.2 Å². The van der Waals surface area contributed by atoms with E-state index in [-0.39, 0.29) is 5.91 Å². The van der Waals surface area contributed by atoms with E-state index in [0.29, 0.717) is 19.0 Å². The van der Waals surface area contributed by atoms with E-state index in [4.69, 9.17) is 4.74 Å². The molecule has 1 aromatic heterocycles. The second-order valence-corrected chi connectivity index (χ2v) is 3.72. The fourth-order valence-corrected chi connectivity index (χ4v) is 1.73. The number of hydrogen-bond donors (Lipinski definition) is 2. The number of amides is 1. The highest BCUT2D eigenvalue weighted by atomic mass is 16.5. The van der Waals surface area contributed by atoms with Gasteiger partial charge in [-0.3, -0.25) is 4.79 Å². The van der Waals surface area contributed by atoms with Gasteiger partial charge in [0, 0.05) is 7.05 Å². The van der Waals surface area contributed by atoms with Crippen LogP contribution in [0, 0.1) is 0 Å². The predicted octanol–water partition coefficient (Wildman–Crippen LogP) is -0.173. The third-order valence-electron chi connectivity index (χ3n) is 2.50. The van der Waals surface area contributed by atoms with Crippen molar-refractivity contribution in [3.63, 3.8) is 0 Å². The molecule has 0 unspecified atom stereocenters. The molecule has 0 aromatic carbocycles. The van der Waals surface area contributed by atoms with Crippen LogP contribution < -0.4 is 15.4 Å². The molecule has 0 atom stereocenters. The first kappa shape index (κ1) is 13.5. The number of carbonyl (C=O) groups excluding carboxylic acids is 1. The van der Waals surface area contributed by atoms with E-state index in [2.05, 4.69) is 15.7 Å². The van der Waals surface area contributed by atoms with Gasteiger partial charge in [-0.05, 0) is 13.5 Å². The smallest absolute Gasteiger partial charge is 0.234 e. The quantitative estimate of drug-likeness (QED) is 0.724. The Labute approximate surface area is 101 Å². The van der Waals surface area contributed by atoms with E-state index in [0.717, 1.165) is 17.7 Å². The number of nitrogens with one attached hydrogen (secondary N) is 2. The Balaban J connectivity index is 2.78. The molecule has 6 nitrogen and oxygen atoms in total. The number of carbonyl (C=O) groups is 1. The van der Waals surface area contributed by atoms with Crippen molar-refractivity contribution in [2.45, 2.75) is 19.9 Å². The average Bonchev–Trinajstić information content (AvgIpc) is 2.62. The van der Waals surface area contributed by atoms with Gasteiger partial charge in [0.05, 0.1) is 31.5 Å². The Bertz CT molecular complexity index is 387. The molecule has 0 aliphatic carbocycles. The number of hydrogen-bond acceptors (Lipinski definition) is 4. The van der Waals surface area contributed by atoms with Gasteiger partial charge in [0.2, 0.25) is 11.8 Å². The van der Waals surface area contributed by atoms with Gasteiger partial charge in [0.15, 0.2) is 0 Å². The molecule has 0 bridgehead atoms. The summed E-state index contributed by atoms with van der Waals surface area (Å²) >= 11 is 0. The molecule has 1 aromatic rings. The standard InChI is InChI=1S/C11H20N4O2/c1-5-9-8(6-13-10(16)7-12-2)11(17-4)15(3)14-9/h12H,5-7H2,1-4H3,(H,13,16). The van der Waals surface area contributed by atoms with Crippen LogP contribution >= 0.6 is 0 Å². The summed E-state index contributed by atoms with van der Waals surface area (Å²) in [5.74, 6) is 0.659. The molecule has 0 aliphatic heterocycles. The molecule has 0 saturated heterocycles. The van der Waals surface area contributed by atoms with Gasteiger partial charge in [-0.25, -0.2) is 4.68 Å². The number of methoxy groups -OCH3 is 1. The summed E-state index contributed by atoms with van der Waals surface area (Å²) in [7, 11) is 5.17. The lowest BCUT2D eigenvalue weighted by Crippen LogP contribution is -2.31. The zero-order valence-corrected chi connectivity index (χ0v) is 10.8. The van der Waals surface area contributed by atoms with Crippen LogP contribution in [-0.2, 0) is 24.8 Å². The molecule has 1 amide bonds. The van der Waals surface area contributed by atoms with Gasteiger partial charge in [0.25, 0.3) is 0 Å². The first-order valence-electron chi connectivity index (χ1n) is 5.64. The minimum Gasteiger partial charge on any atom is -0.481 e. The van der Waals surface area contributed by atoms with Gasteiger partial charge in [0.1, 0.15) is 0 Å². The van der Waals surface area contributed by atoms with Crippen LogP contribution in [0.5, 0.6) is 5.88 Å². The first-order chi connectivity index (χ1) is 8.13. The van der Waals surface area contributed by atoms with E-state index in [1.165, 1.54) is 0 Å². The summed E-state index contributed by atoms with van der Waals surface area (Å²) in [6, 6.07) is 0. The molecule has 6 heteroatoms. The van der Waals surface area contributed by atoms with Gasteiger partial charge in [-0.2, -0.15) is 5.10 Å². The molecular formula is C11H20N4O2. The highest BCUT2D eigenvalue weighted by Crippen LogP contribution is 2.21. The van der Waals surface area contributed by atoms with Crippen molar-refractivity contribution in [1.29, 1.82) is 0 Å². The number of aryl methyl sites for hydroxylation is 2. The van der Waals surface area contributed by atoms with Gasteiger partial charge in [-0.1, -0.05) is 6.92 Å². The molecule has 1 rings (SSSR count). The molecular weight excluding hydrogens is 220 g/mol. The lowest BCUT2D eigenvalue weighted by Gasteiger charge is -2.07. The van der Waals surface area contributed by atoms with Crippen molar-refractivity contribution in [2.24, 2.45) is 7.05 Å². The number of rotatable bonds is 6. The summed E-state index contributed by atoms with van der Waals surface area (Å²) in [5.41, 5.74) is 1.90. The van der Waals surface area contributed by atoms with E-state index in [9.17, 15) is 4.79 Å². The third-order valence-corrected chi connectivity index (χ3v) is 2.50. The SMILES string of the molecule is CCc1nn(C)c(OC)c1CNC(=O)CNC. The summed E-state index contributed by atoms with van der Waals surface area (Å²) in [4.78, 5) is 11.4. The Kier molecular flexibility index (Phi) is 4.96. The summed E-state index contributed by atoms with van der Waals surface area (Å²) in [5, 5.41) is 9.98. The maximum absolute atomic E-state index is 11.4. The lowest BCUT2D eigenvalue weighted by atomic mass is 10.2. The maximum atomic E-state index is 11.4. The highest BCUT2D eigenvalue weighted by Gasteiger charge is 2.15. The highest BCUT2D eigenvalue weighted by molar-refractivity contribution is 5.78. The first-order valence-corrected chi connectivity index (χ1v) is 5.64. The molecule has 1 heterocycles. The number of aromatic nitrogens is 2. The van der Waals surface area contributed by atoms with E-state index in [1.54, 1.807) is 18.8 Å². The molecule has 0 aliphatic rings. The normalized spacial score (nSPS) is 10.4. The van der Waals surface area contributed by atoms with E-state index < -0.39 is 0 Å². The van der Waals surface area contributed by atoms with Crippen molar-refractivity contribution in [1.82, 2.24) is 20.4 Å². The van der Waals surface area contributed by atoms with Crippen molar-refractivity contribution in [2.75, 3.05) is 20.7 Å². The lowest BCUT2D eigenvalue weighted by molar-refractivity contribution is -0.120. The Hall–Kier alpha value is -1.56. The Morgan fingerprint density at radius 3 is 2.76 bits per heavy atom. The van der Waals surface area contributed by atoms with Crippen LogP contribution in [0.15, 0.2) is 0 Å². The Morgan fingerprint density at radius 1 is 1.53 bits per heavy atom. The van der Waals surface area contributed by atoms with Crippen LogP contribution in [-0.4, -0.2) is 36.4 Å². The Morgan fingerprint density at radius 2 is 2.24 bits per heavy atom. The van der Waals surface area contributed by atoms with Crippen LogP contribution in [0.4, 0.5) is 0 Å². The van der Waals surface area contributed by atoms with Crippen molar-refractivity contribution in [3.05, 3.63) is 11.3 Å². The molecule has 2 N–H and O–H groups in total. The largest absolute Gasteiger partial charge is 0.481 e. The number of nitrogens with zero attached hydrogens (tertiary/aromatic N) is 2. The van der Waals surface area contributed by atoms with Gasteiger partial charge in [-0.15, -0.1) is 0 Å². The minimum absolute atomic E-state index is 0.0412. The predicted molar refractivity (Wildman–Crippen MR) is 64.9 cm³/mol. The minimum atomic E-state index is -0.0412. The molecule has 0 fully saturated rings. The zero-order chi connectivity index (χ0) is 12.8. The summed E-state index contributed by atoms with van der Waals surface area (Å²) < 4.78 is 6.98. The second-order valence-electron chi connectivity index (χ2n) is 3.72. The molecule has 96 valence electrons. The zero-order valence-electron chi connectivity index (χ0n) is 10.8. The van der Waals surface area contributed by atoms with Crippen LogP contribution in [0.3, 0.4) is 0 Å². The summed E-state index contributed by atoms with van der Waals surface area (Å²) in [6.45, 7) is 2.78. The molecule has 0 saturated carbocycles. The van der Waals surface area contributed by atoms with Crippen LogP contribution in [0.25, 0.3) is 0 Å².